The van der Waals surface area contributed by atoms with Crippen molar-refractivity contribution in [3.05, 3.63) is 35.9 Å². The molecule has 2 unspecified atom stereocenters. The van der Waals surface area contributed by atoms with Crippen LogP contribution in [0, 0.1) is 0 Å². The molecule has 0 amide bonds. The first-order chi connectivity index (χ1) is 8.25. The topological polar surface area (TPSA) is 38.8 Å². The van der Waals surface area contributed by atoms with Crippen LogP contribution >= 0.6 is 0 Å². The fourth-order valence-corrected chi connectivity index (χ4v) is 3.06. The minimum absolute atomic E-state index is 0.193. The molecule has 90 valence electrons. The summed E-state index contributed by atoms with van der Waals surface area (Å²) >= 11 is 0. The molecule has 2 aliphatic rings. The van der Waals surface area contributed by atoms with Crippen LogP contribution in [0.25, 0.3) is 0 Å². The summed E-state index contributed by atoms with van der Waals surface area (Å²) in [4.78, 5) is 12.0. The van der Waals surface area contributed by atoms with Crippen LogP contribution in [0.2, 0.25) is 0 Å². The second-order valence-electron chi connectivity index (χ2n) is 4.70. The molecule has 1 heterocycles. The quantitative estimate of drug-likeness (QED) is 0.593. The largest absolute Gasteiger partial charge is 0.464 e. The maximum Gasteiger partial charge on any atom is 0.341 e. The van der Waals surface area contributed by atoms with E-state index in [4.69, 9.17) is 9.47 Å². The van der Waals surface area contributed by atoms with E-state index in [2.05, 4.69) is 0 Å². The van der Waals surface area contributed by atoms with Gasteiger partial charge in [-0.2, -0.15) is 0 Å². The number of carbonyl (C=O) groups excluding carboxylic acids is 1. The Morgan fingerprint density at radius 3 is 2.82 bits per heavy atom. The highest BCUT2D eigenvalue weighted by molar-refractivity contribution is 5.86. The molecule has 0 bridgehead atoms. The zero-order valence-electron chi connectivity index (χ0n) is 9.94. The summed E-state index contributed by atoms with van der Waals surface area (Å²) in [6.45, 7) is 2.24. The van der Waals surface area contributed by atoms with Crippen molar-refractivity contribution in [1.82, 2.24) is 0 Å². The Morgan fingerprint density at radius 2 is 2.12 bits per heavy atom. The first-order valence-corrected chi connectivity index (χ1v) is 6.18. The molecule has 3 heteroatoms. The standard InChI is InChI=1S/C14H16O3/c1-2-16-12(15)14-10-6-9-13(14,17-14)11-7-4-3-5-8-11/h3-5,7-8H,2,6,9-10H2,1H3. The monoisotopic (exact) mass is 232 g/mol. The molecular weight excluding hydrogens is 216 g/mol. The molecule has 1 aromatic carbocycles. The number of rotatable bonds is 3. The van der Waals surface area contributed by atoms with Gasteiger partial charge in [0.25, 0.3) is 0 Å². The Morgan fingerprint density at radius 1 is 1.35 bits per heavy atom. The summed E-state index contributed by atoms with van der Waals surface area (Å²) in [6, 6.07) is 10.0. The molecule has 1 aromatic rings. The Hall–Kier alpha value is -1.35. The van der Waals surface area contributed by atoms with Gasteiger partial charge in [0.15, 0.2) is 5.60 Å². The lowest BCUT2D eigenvalue weighted by atomic mass is 9.89. The van der Waals surface area contributed by atoms with Crippen LogP contribution in [-0.2, 0) is 19.9 Å². The Kier molecular flexibility index (Phi) is 2.26. The summed E-state index contributed by atoms with van der Waals surface area (Å²) in [5.74, 6) is -0.193. The van der Waals surface area contributed by atoms with E-state index in [9.17, 15) is 4.79 Å². The first-order valence-electron chi connectivity index (χ1n) is 6.18. The van der Waals surface area contributed by atoms with Gasteiger partial charge in [0.2, 0.25) is 0 Å². The van der Waals surface area contributed by atoms with Gasteiger partial charge in [0.1, 0.15) is 5.60 Å². The second-order valence-corrected chi connectivity index (χ2v) is 4.70. The van der Waals surface area contributed by atoms with Gasteiger partial charge in [0.05, 0.1) is 6.61 Å². The van der Waals surface area contributed by atoms with E-state index in [0.717, 1.165) is 24.8 Å². The fraction of sp³-hybridized carbons (Fsp3) is 0.500. The third kappa shape index (κ3) is 1.29. The predicted octanol–water partition coefficient (Wildman–Crippen LogP) is 2.40. The van der Waals surface area contributed by atoms with Crippen molar-refractivity contribution in [2.75, 3.05) is 6.61 Å². The van der Waals surface area contributed by atoms with Crippen molar-refractivity contribution in [2.45, 2.75) is 37.4 Å². The number of epoxide rings is 1. The number of ether oxygens (including phenoxy) is 2. The highest BCUT2D eigenvalue weighted by atomic mass is 16.7. The van der Waals surface area contributed by atoms with E-state index >= 15 is 0 Å². The summed E-state index contributed by atoms with van der Waals surface area (Å²) in [5.41, 5.74) is 0.00998. The van der Waals surface area contributed by atoms with Crippen LogP contribution in [0.4, 0.5) is 0 Å². The molecular formula is C14H16O3. The summed E-state index contributed by atoms with van der Waals surface area (Å²) in [6.07, 6.45) is 2.71. The lowest BCUT2D eigenvalue weighted by Gasteiger charge is -2.11. The average Bonchev–Trinajstić information content (AvgIpc) is 2.90. The van der Waals surface area contributed by atoms with Gasteiger partial charge in [-0.05, 0) is 31.7 Å². The molecule has 1 aliphatic heterocycles. The molecule has 3 rings (SSSR count). The number of carbonyl (C=O) groups is 1. The molecule has 0 N–H and O–H groups in total. The van der Waals surface area contributed by atoms with Crippen LogP contribution < -0.4 is 0 Å². The molecule has 2 fully saturated rings. The van der Waals surface area contributed by atoms with Crippen LogP contribution in [-0.4, -0.2) is 18.2 Å². The molecule has 3 nitrogen and oxygen atoms in total. The van der Waals surface area contributed by atoms with Crippen molar-refractivity contribution in [2.24, 2.45) is 0 Å². The first kappa shape index (κ1) is 10.8. The van der Waals surface area contributed by atoms with Gasteiger partial charge in [-0.3, -0.25) is 0 Å². The zero-order valence-corrected chi connectivity index (χ0v) is 9.94. The van der Waals surface area contributed by atoms with Crippen molar-refractivity contribution in [3.63, 3.8) is 0 Å². The van der Waals surface area contributed by atoms with E-state index < -0.39 is 11.2 Å². The van der Waals surface area contributed by atoms with Crippen molar-refractivity contribution < 1.29 is 14.3 Å². The SMILES string of the molecule is CCOC(=O)C12CCCC1(c1ccccc1)O2. The Balaban J connectivity index is 1.93. The number of hydrogen-bond acceptors (Lipinski definition) is 3. The fourth-order valence-electron chi connectivity index (χ4n) is 3.06. The van der Waals surface area contributed by atoms with Crippen molar-refractivity contribution in [3.8, 4) is 0 Å². The number of fused-ring (bicyclic) bond motifs is 1. The van der Waals surface area contributed by atoms with E-state index in [-0.39, 0.29) is 5.97 Å². The molecule has 0 radical (unpaired) electrons. The summed E-state index contributed by atoms with van der Waals surface area (Å²) in [5, 5.41) is 0. The lowest BCUT2D eigenvalue weighted by Crippen LogP contribution is -2.30. The van der Waals surface area contributed by atoms with E-state index in [0.29, 0.717) is 6.61 Å². The Bertz CT molecular complexity index is 442. The van der Waals surface area contributed by atoms with E-state index in [1.165, 1.54) is 0 Å². The van der Waals surface area contributed by atoms with Crippen molar-refractivity contribution >= 4 is 5.97 Å². The van der Waals surface area contributed by atoms with Gasteiger partial charge in [0, 0.05) is 0 Å². The number of esters is 1. The normalized spacial score (nSPS) is 34.2. The summed E-state index contributed by atoms with van der Waals surface area (Å²) in [7, 11) is 0. The molecule has 1 aliphatic carbocycles. The molecule has 0 aromatic heterocycles. The zero-order chi connectivity index (χ0) is 11.9. The van der Waals surface area contributed by atoms with E-state index in [1.807, 2.05) is 37.3 Å². The molecule has 0 spiro atoms. The third-order valence-corrected chi connectivity index (χ3v) is 3.86. The lowest BCUT2D eigenvalue weighted by molar-refractivity contribution is -0.149. The summed E-state index contributed by atoms with van der Waals surface area (Å²) < 4.78 is 11.0. The van der Waals surface area contributed by atoms with E-state index in [1.54, 1.807) is 0 Å². The van der Waals surface area contributed by atoms with Crippen LogP contribution in [0.1, 0.15) is 31.7 Å². The minimum atomic E-state index is -0.690. The number of hydrogen-bond donors (Lipinski definition) is 0. The van der Waals surface area contributed by atoms with Crippen LogP contribution in [0.3, 0.4) is 0 Å². The van der Waals surface area contributed by atoms with Gasteiger partial charge in [-0.25, -0.2) is 4.79 Å². The molecule has 1 saturated heterocycles. The van der Waals surface area contributed by atoms with Gasteiger partial charge < -0.3 is 9.47 Å². The molecule has 1 saturated carbocycles. The number of benzene rings is 1. The van der Waals surface area contributed by atoms with Gasteiger partial charge >= 0.3 is 5.97 Å². The smallest absolute Gasteiger partial charge is 0.341 e. The molecule has 17 heavy (non-hydrogen) atoms. The Labute approximate surface area is 101 Å². The predicted molar refractivity (Wildman–Crippen MR) is 62.4 cm³/mol. The average molecular weight is 232 g/mol. The highest BCUT2D eigenvalue weighted by Gasteiger charge is 2.78. The molecule has 2 atom stereocenters. The van der Waals surface area contributed by atoms with Crippen molar-refractivity contribution in [1.29, 1.82) is 0 Å². The van der Waals surface area contributed by atoms with Crippen LogP contribution in [0.5, 0.6) is 0 Å². The van der Waals surface area contributed by atoms with Gasteiger partial charge in [-0.15, -0.1) is 0 Å². The van der Waals surface area contributed by atoms with Crippen LogP contribution in [0.15, 0.2) is 30.3 Å². The highest BCUT2D eigenvalue weighted by Crippen LogP contribution is 2.66. The second kappa shape index (κ2) is 3.57. The van der Waals surface area contributed by atoms with Gasteiger partial charge in [-0.1, -0.05) is 30.3 Å². The maximum absolute atomic E-state index is 12.0. The minimum Gasteiger partial charge on any atom is -0.464 e. The maximum atomic E-state index is 12.0. The third-order valence-electron chi connectivity index (χ3n) is 3.86.